The van der Waals surface area contributed by atoms with Gasteiger partial charge in [-0.05, 0) is 30.3 Å². The predicted octanol–water partition coefficient (Wildman–Crippen LogP) is 3.49. The molecular formula is C18H18ClFN2O4. The van der Waals surface area contributed by atoms with Crippen LogP contribution in [0.3, 0.4) is 0 Å². The van der Waals surface area contributed by atoms with Crippen LogP contribution in [-0.2, 0) is 9.59 Å². The van der Waals surface area contributed by atoms with Crippen molar-refractivity contribution in [2.45, 2.75) is 6.92 Å². The van der Waals surface area contributed by atoms with Gasteiger partial charge in [0.15, 0.2) is 0 Å². The fourth-order valence-corrected chi connectivity index (χ4v) is 2.47. The minimum atomic E-state index is -0.585. The summed E-state index contributed by atoms with van der Waals surface area (Å²) in [6, 6.07) is 8.72. The molecule has 0 fully saturated rings. The fourth-order valence-electron chi connectivity index (χ4n) is 2.29. The Balaban J connectivity index is 2.21. The largest absolute Gasteiger partial charge is 0.497 e. The molecule has 0 spiro atoms. The number of rotatable bonds is 6. The van der Waals surface area contributed by atoms with E-state index < -0.39 is 11.7 Å². The number of benzene rings is 2. The van der Waals surface area contributed by atoms with E-state index in [1.165, 1.54) is 38.2 Å². The maximum Gasteiger partial charge on any atom is 0.244 e. The van der Waals surface area contributed by atoms with Crippen molar-refractivity contribution in [3.05, 3.63) is 47.2 Å². The summed E-state index contributed by atoms with van der Waals surface area (Å²) >= 11 is 5.70. The van der Waals surface area contributed by atoms with Crippen LogP contribution in [0.4, 0.5) is 15.8 Å². The molecular weight excluding hydrogens is 363 g/mol. The van der Waals surface area contributed by atoms with Crippen molar-refractivity contribution < 1.29 is 23.5 Å². The monoisotopic (exact) mass is 380 g/mol. The number of anilines is 2. The second kappa shape index (κ2) is 8.53. The summed E-state index contributed by atoms with van der Waals surface area (Å²) in [4.78, 5) is 25.6. The molecule has 2 rings (SSSR count). The lowest BCUT2D eigenvalue weighted by Crippen LogP contribution is -2.36. The van der Waals surface area contributed by atoms with Crippen LogP contribution in [0.5, 0.6) is 11.5 Å². The van der Waals surface area contributed by atoms with E-state index in [-0.39, 0.29) is 17.5 Å². The Labute approximate surface area is 155 Å². The number of carbonyl (C=O) groups excluding carboxylic acids is 2. The Bertz CT molecular complexity index is 829. The molecule has 138 valence electrons. The molecule has 0 aliphatic heterocycles. The molecule has 8 heteroatoms. The summed E-state index contributed by atoms with van der Waals surface area (Å²) in [6.07, 6.45) is 0. The molecule has 0 radical (unpaired) electrons. The Hall–Kier alpha value is -2.80. The van der Waals surface area contributed by atoms with E-state index in [9.17, 15) is 14.0 Å². The van der Waals surface area contributed by atoms with E-state index in [1.54, 1.807) is 18.2 Å². The van der Waals surface area contributed by atoms with Crippen molar-refractivity contribution in [3.63, 3.8) is 0 Å². The highest BCUT2D eigenvalue weighted by Crippen LogP contribution is 2.32. The molecule has 0 unspecified atom stereocenters. The van der Waals surface area contributed by atoms with Crippen LogP contribution < -0.4 is 19.7 Å². The number of ether oxygens (including phenoxy) is 2. The molecule has 26 heavy (non-hydrogen) atoms. The lowest BCUT2D eigenvalue weighted by atomic mass is 10.2. The first-order valence-electron chi connectivity index (χ1n) is 7.60. The summed E-state index contributed by atoms with van der Waals surface area (Å²) in [7, 11) is 2.97. The smallest absolute Gasteiger partial charge is 0.244 e. The van der Waals surface area contributed by atoms with Crippen LogP contribution in [0, 0.1) is 5.82 Å². The van der Waals surface area contributed by atoms with Gasteiger partial charge in [0.2, 0.25) is 11.8 Å². The van der Waals surface area contributed by atoms with Crippen molar-refractivity contribution in [1.82, 2.24) is 0 Å². The zero-order chi connectivity index (χ0) is 19.3. The van der Waals surface area contributed by atoms with E-state index >= 15 is 0 Å². The normalized spacial score (nSPS) is 10.2. The van der Waals surface area contributed by atoms with Gasteiger partial charge in [-0.2, -0.15) is 0 Å². The number of methoxy groups -OCH3 is 2. The average molecular weight is 381 g/mol. The van der Waals surface area contributed by atoms with Gasteiger partial charge in [-0.1, -0.05) is 11.6 Å². The quantitative estimate of drug-likeness (QED) is 0.833. The molecule has 2 aromatic rings. The van der Waals surface area contributed by atoms with Crippen LogP contribution in [0.25, 0.3) is 0 Å². The first-order valence-corrected chi connectivity index (χ1v) is 7.98. The molecule has 0 aliphatic carbocycles. The first-order chi connectivity index (χ1) is 12.3. The van der Waals surface area contributed by atoms with Crippen molar-refractivity contribution in [1.29, 1.82) is 0 Å². The molecule has 1 N–H and O–H groups in total. The number of hydrogen-bond donors (Lipinski definition) is 1. The number of halogens is 2. The molecule has 0 heterocycles. The number of nitrogens with zero attached hydrogens (tertiary/aromatic N) is 1. The highest BCUT2D eigenvalue weighted by atomic mass is 35.5. The second-order valence-corrected chi connectivity index (χ2v) is 5.73. The minimum absolute atomic E-state index is 0.108. The summed E-state index contributed by atoms with van der Waals surface area (Å²) < 4.78 is 23.6. The van der Waals surface area contributed by atoms with Crippen molar-refractivity contribution in [2.24, 2.45) is 0 Å². The van der Waals surface area contributed by atoms with Crippen molar-refractivity contribution in [3.8, 4) is 11.5 Å². The lowest BCUT2D eigenvalue weighted by molar-refractivity contribution is -0.120. The highest BCUT2D eigenvalue weighted by Gasteiger charge is 2.20. The summed E-state index contributed by atoms with van der Waals surface area (Å²) in [5.74, 6) is -0.462. The van der Waals surface area contributed by atoms with Crippen LogP contribution in [-0.4, -0.2) is 32.6 Å². The first kappa shape index (κ1) is 19.5. The molecule has 0 saturated heterocycles. The Kier molecular flexibility index (Phi) is 6.41. The fraction of sp³-hybridized carbons (Fsp3) is 0.222. The van der Waals surface area contributed by atoms with Crippen LogP contribution >= 0.6 is 11.6 Å². The van der Waals surface area contributed by atoms with E-state index in [4.69, 9.17) is 21.1 Å². The van der Waals surface area contributed by atoms with Crippen LogP contribution in [0.15, 0.2) is 36.4 Å². The van der Waals surface area contributed by atoms with Crippen LogP contribution in [0.1, 0.15) is 6.92 Å². The Morgan fingerprint density at radius 3 is 2.46 bits per heavy atom. The van der Waals surface area contributed by atoms with E-state index in [1.807, 2.05) is 0 Å². The van der Waals surface area contributed by atoms with Gasteiger partial charge in [-0.15, -0.1) is 0 Å². The average Bonchev–Trinajstić information content (AvgIpc) is 2.62. The Morgan fingerprint density at radius 1 is 1.15 bits per heavy atom. The zero-order valence-electron chi connectivity index (χ0n) is 14.5. The second-order valence-electron chi connectivity index (χ2n) is 5.32. The van der Waals surface area contributed by atoms with Gasteiger partial charge in [0.25, 0.3) is 0 Å². The third-order valence-electron chi connectivity index (χ3n) is 3.56. The topological polar surface area (TPSA) is 67.9 Å². The molecule has 0 aliphatic rings. The maximum absolute atomic E-state index is 13.2. The van der Waals surface area contributed by atoms with E-state index in [0.29, 0.717) is 22.9 Å². The van der Waals surface area contributed by atoms with Gasteiger partial charge in [-0.25, -0.2) is 4.39 Å². The molecule has 0 aromatic heterocycles. The van der Waals surface area contributed by atoms with Gasteiger partial charge < -0.3 is 14.8 Å². The number of hydrogen-bond acceptors (Lipinski definition) is 4. The molecule has 0 saturated carbocycles. The number of amides is 2. The predicted molar refractivity (Wildman–Crippen MR) is 97.6 cm³/mol. The standard InChI is InChI=1S/C18H18ClFN2O4/c1-11(23)22(16-7-5-13(25-2)9-17(16)26-3)10-18(24)21-12-4-6-15(20)14(19)8-12/h4-9H,10H2,1-3H3,(H,21,24). The highest BCUT2D eigenvalue weighted by molar-refractivity contribution is 6.31. The third-order valence-corrected chi connectivity index (χ3v) is 3.85. The van der Waals surface area contributed by atoms with Gasteiger partial charge in [0.1, 0.15) is 23.9 Å². The van der Waals surface area contributed by atoms with Gasteiger partial charge in [0, 0.05) is 18.7 Å². The maximum atomic E-state index is 13.2. The molecule has 2 amide bonds. The zero-order valence-corrected chi connectivity index (χ0v) is 15.3. The number of nitrogens with one attached hydrogen (secondary N) is 1. The lowest BCUT2D eigenvalue weighted by Gasteiger charge is -2.23. The van der Waals surface area contributed by atoms with Crippen molar-refractivity contribution >= 4 is 34.8 Å². The van der Waals surface area contributed by atoms with E-state index in [2.05, 4.69) is 5.32 Å². The van der Waals surface area contributed by atoms with Crippen LogP contribution in [0.2, 0.25) is 5.02 Å². The van der Waals surface area contributed by atoms with Gasteiger partial charge in [-0.3, -0.25) is 14.5 Å². The SMILES string of the molecule is COc1ccc(N(CC(=O)Nc2ccc(F)c(Cl)c2)C(C)=O)c(OC)c1. The molecule has 2 aromatic carbocycles. The summed E-state index contributed by atoms with van der Waals surface area (Å²) in [5, 5.41) is 2.47. The van der Waals surface area contributed by atoms with Gasteiger partial charge in [0.05, 0.1) is 24.9 Å². The minimum Gasteiger partial charge on any atom is -0.497 e. The molecule has 0 bridgehead atoms. The molecule has 6 nitrogen and oxygen atoms in total. The Morgan fingerprint density at radius 2 is 1.88 bits per heavy atom. The number of carbonyl (C=O) groups is 2. The van der Waals surface area contributed by atoms with Crippen molar-refractivity contribution in [2.75, 3.05) is 31.0 Å². The molecule has 0 atom stereocenters. The summed E-state index contributed by atoms with van der Waals surface area (Å²) in [6.45, 7) is 1.08. The van der Waals surface area contributed by atoms with E-state index in [0.717, 1.165) is 6.07 Å². The third kappa shape index (κ3) is 4.64. The van der Waals surface area contributed by atoms with Gasteiger partial charge >= 0.3 is 0 Å². The summed E-state index contributed by atoms with van der Waals surface area (Å²) in [5.41, 5.74) is 0.750.